The SMILES string of the molecule is O=C(c1ccccc1)c1ccccc1NC(=O)C1COc2ccccc2O1. The van der Waals surface area contributed by atoms with Crippen molar-refractivity contribution in [3.05, 3.63) is 90.0 Å². The van der Waals surface area contributed by atoms with Crippen LogP contribution in [0.3, 0.4) is 0 Å². The number of ether oxygens (including phenoxy) is 2. The second-order valence-electron chi connectivity index (χ2n) is 6.09. The Morgan fingerprint density at radius 2 is 1.48 bits per heavy atom. The van der Waals surface area contributed by atoms with Gasteiger partial charge >= 0.3 is 0 Å². The quantitative estimate of drug-likeness (QED) is 0.722. The van der Waals surface area contributed by atoms with Crippen molar-refractivity contribution in [2.75, 3.05) is 11.9 Å². The van der Waals surface area contributed by atoms with Crippen LogP contribution in [0.25, 0.3) is 0 Å². The van der Waals surface area contributed by atoms with Crippen molar-refractivity contribution < 1.29 is 19.1 Å². The van der Waals surface area contributed by atoms with E-state index < -0.39 is 6.10 Å². The molecule has 134 valence electrons. The Morgan fingerprint density at radius 1 is 0.815 bits per heavy atom. The lowest BCUT2D eigenvalue weighted by Gasteiger charge is -2.25. The van der Waals surface area contributed by atoms with Gasteiger partial charge in [0.1, 0.15) is 6.61 Å². The molecule has 5 heteroatoms. The van der Waals surface area contributed by atoms with Gasteiger partial charge in [-0.1, -0.05) is 54.6 Å². The molecule has 1 amide bonds. The number of hydrogen-bond donors (Lipinski definition) is 1. The topological polar surface area (TPSA) is 64.6 Å². The molecular formula is C22H17NO4. The number of ketones is 1. The van der Waals surface area contributed by atoms with Crippen molar-refractivity contribution in [1.82, 2.24) is 0 Å². The van der Waals surface area contributed by atoms with Gasteiger partial charge in [0.2, 0.25) is 6.10 Å². The Kier molecular flexibility index (Phi) is 4.58. The van der Waals surface area contributed by atoms with E-state index in [1.165, 1.54) is 0 Å². The van der Waals surface area contributed by atoms with Crippen molar-refractivity contribution in [1.29, 1.82) is 0 Å². The number of fused-ring (bicyclic) bond motifs is 1. The van der Waals surface area contributed by atoms with Crippen molar-refractivity contribution in [3.63, 3.8) is 0 Å². The van der Waals surface area contributed by atoms with Gasteiger partial charge in [-0.25, -0.2) is 0 Å². The predicted octanol–water partition coefficient (Wildman–Crippen LogP) is 3.70. The maximum atomic E-state index is 12.8. The fourth-order valence-corrected chi connectivity index (χ4v) is 2.90. The van der Waals surface area contributed by atoms with E-state index in [9.17, 15) is 9.59 Å². The summed E-state index contributed by atoms with van der Waals surface area (Å²) in [5, 5.41) is 2.80. The lowest BCUT2D eigenvalue weighted by molar-refractivity contribution is -0.125. The number of hydrogen-bond acceptors (Lipinski definition) is 4. The highest BCUT2D eigenvalue weighted by molar-refractivity contribution is 6.14. The summed E-state index contributed by atoms with van der Waals surface area (Å²) in [6.07, 6.45) is -0.792. The Labute approximate surface area is 156 Å². The zero-order chi connectivity index (χ0) is 18.6. The molecule has 1 heterocycles. The molecule has 0 fully saturated rings. The minimum Gasteiger partial charge on any atom is -0.485 e. The molecule has 1 aliphatic rings. The minimum atomic E-state index is -0.792. The number of carbonyl (C=O) groups excluding carboxylic acids is 2. The van der Waals surface area contributed by atoms with E-state index >= 15 is 0 Å². The van der Waals surface area contributed by atoms with Crippen LogP contribution in [0.4, 0.5) is 5.69 Å². The summed E-state index contributed by atoms with van der Waals surface area (Å²) in [4.78, 5) is 25.4. The Balaban J connectivity index is 1.54. The number of benzene rings is 3. The Hall–Kier alpha value is -3.60. The van der Waals surface area contributed by atoms with Crippen LogP contribution in [0.1, 0.15) is 15.9 Å². The maximum Gasteiger partial charge on any atom is 0.269 e. The molecule has 3 aromatic carbocycles. The number of nitrogens with one attached hydrogen (secondary N) is 1. The van der Waals surface area contributed by atoms with Crippen molar-refractivity contribution in [2.45, 2.75) is 6.10 Å². The average Bonchev–Trinajstić information content (AvgIpc) is 2.74. The first-order valence-electron chi connectivity index (χ1n) is 8.60. The Bertz CT molecular complexity index is 984. The van der Waals surface area contributed by atoms with Crippen molar-refractivity contribution in [2.24, 2.45) is 0 Å². The van der Waals surface area contributed by atoms with E-state index in [4.69, 9.17) is 9.47 Å². The lowest BCUT2D eigenvalue weighted by atomic mass is 10.0. The van der Waals surface area contributed by atoms with Crippen LogP contribution in [0.2, 0.25) is 0 Å². The molecule has 0 saturated carbocycles. The third kappa shape index (κ3) is 3.53. The van der Waals surface area contributed by atoms with Gasteiger partial charge in [0.15, 0.2) is 17.3 Å². The average molecular weight is 359 g/mol. The highest BCUT2D eigenvalue weighted by Gasteiger charge is 2.28. The third-order valence-electron chi connectivity index (χ3n) is 4.27. The first-order valence-corrected chi connectivity index (χ1v) is 8.60. The molecular weight excluding hydrogens is 342 g/mol. The van der Waals surface area contributed by atoms with Gasteiger partial charge < -0.3 is 14.8 Å². The van der Waals surface area contributed by atoms with Crippen molar-refractivity contribution in [3.8, 4) is 11.5 Å². The summed E-state index contributed by atoms with van der Waals surface area (Å²) >= 11 is 0. The summed E-state index contributed by atoms with van der Waals surface area (Å²) in [5.74, 6) is 0.620. The molecule has 0 spiro atoms. The molecule has 1 unspecified atom stereocenters. The monoisotopic (exact) mass is 359 g/mol. The molecule has 0 saturated heterocycles. The van der Waals surface area contributed by atoms with E-state index in [1.54, 1.807) is 60.7 Å². The van der Waals surface area contributed by atoms with Crippen molar-refractivity contribution >= 4 is 17.4 Å². The highest BCUT2D eigenvalue weighted by atomic mass is 16.6. The normalized spacial score (nSPS) is 15.0. The number of anilines is 1. The van der Waals surface area contributed by atoms with Crippen LogP contribution < -0.4 is 14.8 Å². The van der Waals surface area contributed by atoms with E-state index in [-0.39, 0.29) is 18.3 Å². The molecule has 4 rings (SSSR count). The number of rotatable bonds is 4. The predicted molar refractivity (Wildman–Crippen MR) is 101 cm³/mol. The fraction of sp³-hybridized carbons (Fsp3) is 0.0909. The van der Waals surface area contributed by atoms with Gasteiger partial charge in [-0.15, -0.1) is 0 Å². The summed E-state index contributed by atoms with van der Waals surface area (Å²) in [6.45, 7) is 0.109. The first-order chi connectivity index (χ1) is 13.2. The standard InChI is InChI=1S/C22H17NO4/c24-21(15-8-2-1-3-9-15)16-10-4-5-11-17(16)23-22(25)20-14-26-18-12-6-7-13-19(18)27-20/h1-13,20H,14H2,(H,23,25). The van der Waals surface area contributed by atoms with Crippen LogP contribution >= 0.6 is 0 Å². The van der Waals surface area contributed by atoms with Gasteiger partial charge in [0.05, 0.1) is 5.69 Å². The fourth-order valence-electron chi connectivity index (χ4n) is 2.90. The molecule has 0 aromatic heterocycles. The van der Waals surface area contributed by atoms with Crippen LogP contribution in [-0.2, 0) is 4.79 Å². The van der Waals surface area contributed by atoms with Crippen LogP contribution in [0, 0.1) is 0 Å². The molecule has 0 radical (unpaired) electrons. The molecule has 3 aromatic rings. The van der Waals surface area contributed by atoms with Gasteiger partial charge in [0, 0.05) is 11.1 Å². The highest BCUT2D eigenvalue weighted by Crippen LogP contribution is 2.31. The van der Waals surface area contributed by atoms with Gasteiger partial charge in [0.25, 0.3) is 5.91 Å². The zero-order valence-corrected chi connectivity index (χ0v) is 14.4. The number of amides is 1. The van der Waals surface area contributed by atoms with E-state index in [2.05, 4.69) is 5.32 Å². The van der Waals surface area contributed by atoms with E-state index in [1.807, 2.05) is 18.2 Å². The Morgan fingerprint density at radius 3 is 2.30 bits per heavy atom. The number of carbonyl (C=O) groups is 2. The molecule has 1 N–H and O–H groups in total. The molecule has 1 atom stereocenters. The smallest absolute Gasteiger partial charge is 0.269 e. The summed E-state index contributed by atoms with van der Waals surface area (Å²) in [7, 11) is 0. The molecule has 0 aliphatic carbocycles. The van der Waals surface area contributed by atoms with Gasteiger partial charge in [-0.3, -0.25) is 9.59 Å². The lowest BCUT2D eigenvalue weighted by Crippen LogP contribution is -2.40. The second kappa shape index (κ2) is 7.33. The molecule has 27 heavy (non-hydrogen) atoms. The van der Waals surface area contributed by atoms with Gasteiger partial charge in [-0.2, -0.15) is 0 Å². The molecule has 5 nitrogen and oxygen atoms in total. The molecule has 0 bridgehead atoms. The summed E-state index contributed by atoms with van der Waals surface area (Å²) in [6, 6.07) is 23.1. The van der Waals surface area contributed by atoms with Crippen LogP contribution in [0.5, 0.6) is 11.5 Å². The minimum absolute atomic E-state index is 0.109. The maximum absolute atomic E-state index is 12.8. The third-order valence-corrected chi connectivity index (χ3v) is 4.27. The second-order valence-corrected chi connectivity index (χ2v) is 6.09. The summed E-state index contributed by atoms with van der Waals surface area (Å²) in [5.41, 5.74) is 1.43. The molecule has 1 aliphatic heterocycles. The van der Waals surface area contributed by atoms with Crippen LogP contribution in [-0.4, -0.2) is 24.4 Å². The van der Waals surface area contributed by atoms with E-state index in [0.29, 0.717) is 28.3 Å². The number of para-hydroxylation sites is 3. The largest absolute Gasteiger partial charge is 0.485 e. The zero-order valence-electron chi connectivity index (χ0n) is 14.4. The first kappa shape index (κ1) is 16.8. The summed E-state index contributed by atoms with van der Waals surface area (Å²) < 4.78 is 11.3. The van der Waals surface area contributed by atoms with Gasteiger partial charge in [-0.05, 0) is 24.3 Å². The van der Waals surface area contributed by atoms with E-state index in [0.717, 1.165) is 0 Å². The van der Waals surface area contributed by atoms with Crippen LogP contribution in [0.15, 0.2) is 78.9 Å².